The molecule has 9 nitrogen and oxygen atoms in total. The number of hydrogen-bond donors (Lipinski definition) is 4. The monoisotopic (exact) mass is 533 g/mol. The molecular weight excluding hydrogens is 514 g/mol. The summed E-state index contributed by atoms with van der Waals surface area (Å²) in [5.41, 5.74) is 4.85. The first-order valence-corrected chi connectivity index (χ1v) is 12.1. The van der Waals surface area contributed by atoms with Crippen LogP contribution in [0.2, 0.25) is 5.02 Å². The number of nitrogens with one attached hydrogen (secondary N) is 4. The molecule has 0 saturated carbocycles. The molecule has 1 aliphatic rings. The van der Waals surface area contributed by atoms with Gasteiger partial charge >= 0.3 is 0 Å². The van der Waals surface area contributed by atoms with E-state index in [1.54, 1.807) is 54.6 Å². The maximum Gasteiger partial charge on any atom is 0.256 e. The molecule has 0 fully saturated rings. The van der Waals surface area contributed by atoms with Crippen molar-refractivity contribution < 1.29 is 9.59 Å². The molecule has 0 radical (unpaired) electrons. The van der Waals surface area contributed by atoms with E-state index in [0.29, 0.717) is 45.3 Å². The van der Waals surface area contributed by atoms with Gasteiger partial charge in [-0.1, -0.05) is 42.4 Å². The molecule has 190 valence electrons. The van der Waals surface area contributed by atoms with Gasteiger partial charge in [0.2, 0.25) is 11.9 Å². The lowest BCUT2D eigenvalue weighted by Gasteiger charge is -2.14. The summed E-state index contributed by atoms with van der Waals surface area (Å²) in [4.78, 5) is 33.3. The predicted octanol–water partition coefficient (Wildman–Crippen LogP) is 6.11. The van der Waals surface area contributed by atoms with Crippen LogP contribution in [0.5, 0.6) is 0 Å². The standard InChI is InChI=1S/C29H20ClN7O2/c1-2-26(38)34-24-8-3-4-9-25(24)35-27-22(30)16-32-29(37-27)33-19-10-11-23-20(14-19)21(28(39)36-23)13-17-6-5-7-18(12-17)15-31/h2-14,16H,1H2,(H,34,38)(H,36,39)(H2,32,33,35,37)/b21-13-. The topological polar surface area (TPSA) is 132 Å². The zero-order valence-electron chi connectivity index (χ0n) is 20.3. The first-order valence-electron chi connectivity index (χ1n) is 11.7. The third kappa shape index (κ3) is 5.61. The summed E-state index contributed by atoms with van der Waals surface area (Å²) in [6.45, 7) is 3.47. The van der Waals surface area contributed by atoms with E-state index in [0.717, 1.165) is 5.56 Å². The maximum absolute atomic E-state index is 12.7. The average Bonchev–Trinajstić information content (AvgIpc) is 3.25. The molecular formula is C29H20ClN7O2. The smallest absolute Gasteiger partial charge is 0.256 e. The molecule has 0 aliphatic carbocycles. The van der Waals surface area contributed by atoms with E-state index in [4.69, 9.17) is 11.6 Å². The number of halogens is 1. The molecule has 5 rings (SSSR count). The van der Waals surface area contributed by atoms with E-state index in [1.165, 1.54) is 12.3 Å². The number of rotatable bonds is 7. The van der Waals surface area contributed by atoms with Gasteiger partial charge in [0, 0.05) is 22.5 Å². The minimum absolute atomic E-state index is 0.235. The van der Waals surface area contributed by atoms with Crippen LogP contribution in [0.1, 0.15) is 16.7 Å². The second-order valence-corrected chi connectivity index (χ2v) is 8.80. The number of nitrogens with zero attached hydrogens (tertiary/aromatic N) is 3. The number of hydrogen-bond acceptors (Lipinski definition) is 7. The molecule has 2 amide bonds. The molecule has 0 spiro atoms. The van der Waals surface area contributed by atoms with E-state index in [2.05, 4.69) is 43.9 Å². The van der Waals surface area contributed by atoms with Gasteiger partial charge in [0.25, 0.3) is 5.91 Å². The number of anilines is 6. The van der Waals surface area contributed by atoms with E-state index < -0.39 is 0 Å². The number of carbonyl (C=O) groups excluding carboxylic acids is 2. The highest BCUT2D eigenvalue weighted by molar-refractivity contribution is 6.35. The number of benzene rings is 3. The second-order valence-electron chi connectivity index (χ2n) is 8.39. The summed E-state index contributed by atoms with van der Waals surface area (Å²) in [6.07, 6.45) is 4.38. The van der Waals surface area contributed by atoms with E-state index in [-0.39, 0.29) is 22.8 Å². The fourth-order valence-electron chi connectivity index (χ4n) is 3.93. The van der Waals surface area contributed by atoms with Gasteiger partial charge in [0.1, 0.15) is 5.02 Å². The van der Waals surface area contributed by atoms with Gasteiger partial charge in [0.15, 0.2) is 5.82 Å². The molecule has 2 heterocycles. The zero-order valence-corrected chi connectivity index (χ0v) is 21.1. The Hall–Kier alpha value is -5.46. The van der Waals surface area contributed by atoms with Crippen LogP contribution in [0.4, 0.5) is 34.5 Å². The molecule has 39 heavy (non-hydrogen) atoms. The summed E-state index contributed by atoms with van der Waals surface area (Å²) in [6, 6.07) is 21.6. The molecule has 1 aliphatic heterocycles. The van der Waals surface area contributed by atoms with Gasteiger partial charge < -0.3 is 21.3 Å². The van der Waals surface area contributed by atoms with Crippen LogP contribution in [0.15, 0.2) is 85.6 Å². The Labute approximate surface area is 228 Å². The Kier molecular flexibility index (Phi) is 7.03. The van der Waals surface area contributed by atoms with Crippen molar-refractivity contribution in [2.75, 3.05) is 21.3 Å². The van der Waals surface area contributed by atoms with Crippen LogP contribution >= 0.6 is 11.6 Å². The number of fused-ring (bicyclic) bond motifs is 1. The first-order chi connectivity index (χ1) is 18.9. The summed E-state index contributed by atoms with van der Waals surface area (Å²) in [7, 11) is 0. The summed E-state index contributed by atoms with van der Waals surface area (Å²) in [5.74, 6) is 0.00142. The van der Waals surface area contributed by atoms with Gasteiger partial charge in [0.05, 0.1) is 29.2 Å². The number of nitriles is 1. The summed E-state index contributed by atoms with van der Waals surface area (Å²) in [5, 5.41) is 21.3. The fraction of sp³-hybridized carbons (Fsp3) is 0. The Balaban J connectivity index is 1.41. The quantitative estimate of drug-likeness (QED) is 0.211. The Bertz CT molecular complexity index is 1710. The van der Waals surface area contributed by atoms with Gasteiger partial charge in [-0.25, -0.2) is 4.98 Å². The van der Waals surface area contributed by atoms with Gasteiger partial charge in [-0.3, -0.25) is 9.59 Å². The van der Waals surface area contributed by atoms with Crippen molar-refractivity contribution >= 4 is 69.6 Å². The first kappa shape index (κ1) is 25.2. The van der Waals surface area contributed by atoms with Crippen molar-refractivity contribution in [1.82, 2.24) is 9.97 Å². The van der Waals surface area contributed by atoms with Crippen LogP contribution in [-0.4, -0.2) is 21.8 Å². The van der Waals surface area contributed by atoms with Gasteiger partial charge in [-0.15, -0.1) is 0 Å². The fourth-order valence-corrected chi connectivity index (χ4v) is 4.07. The number of para-hydroxylation sites is 2. The Morgan fingerprint density at radius 2 is 1.87 bits per heavy atom. The van der Waals surface area contributed by atoms with Crippen molar-refractivity contribution in [1.29, 1.82) is 5.26 Å². The lowest BCUT2D eigenvalue weighted by Crippen LogP contribution is -2.09. The molecule has 4 aromatic rings. The molecule has 0 unspecified atom stereocenters. The van der Waals surface area contributed by atoms with Crippen LogP contribution in [0, 0.1) is 11.3 Å². The summed E-state index contributed by atoms with van der Waals surface area (Å²) >= 11 is 6.35. The van der Waals surface area contributed by atoms with Gasteiger partial charge in [-0.2, -0.15) is 10.2 Å². The SMILES string of the molecule is C=CC(=O)Nc1ccccc1Nc1nc(Nc2ccc3c(c2)/C(=C/c2cccc(C#N)c2)C(=O)N3)ncc1Cl. The molecule has 1 aromatic heterocycles. The lowest BCUT2D eigenvalue weighted by molar-refractivity contribution is -0.112. The lowest BCUT2D eigenvalue weighted by atomic mass is 10.0. The molecule has 3 aromatic carbocycles. The van der Waals surface area contributed by atoms with E-state index >= 15 is 0 Å². The van der Waals surface area contributed by atoms with Crippen LogP contribution in [0.25, 0.3) is 11.6 Å². The number of aromatic nitrogens is 2. The van der Waals surface area contributed by atoms with Crippen molar-refractivity contribution in [2.45, 2.75) is 0 Å². The molecule has 10 heteroatoms. The normalized spacial score (nSPS) is 12.7. The molecule has 0 atom stereocenters. The molecule has 4 N–H and O–H groups in total. The highest BCUT2D eigenvalue weighted by atomic mass is 35.5. The van der Waals surface area contributed by atoms with Crippen molar-refractivity contribution in [3.63, 3.8) is 0 Å². The Morgan fingerprint density at radius 1 is 1.05 bits per heavy atom. The zero-order chi connectivity index (χ0) is 27.4. The minimum atomic E-state index is -0.351. The summed E-state index contributed by atoms with van der Waals surface area (Å²) < 4.78 is 0. The maximum atomic E-state index is 12.7. The van der Waals surface area contributed by atoms with Crippen LogP contribution < -0.4 is 21.3 Å². The van der Waals surface area contributed by atoms with Crippen molar-refractivity contribution in [3.05, 3.63) is 107 Å². The highest BCUT2D eigenvalue weighted by Crippen LogP contribution is 2.36. The minimum Gasteiger partial charge on any atom is -0.337 e. The van der Waals surface area contributed by atoms with E-state index in [9.17, 15) is 14.9 Å². The van der Waals surface area contributed by atoms with Gasteiger partial charge in [-0.05, 0) is 60.2 Å². The number of amides is 2. The highest BCUT2D eigenvalue weighted by Gasteiger charge is 2.24. The van der Waals surface area contributed by atoms with Crippen LogP contribution in [0.3, 0.4) is 0 Å². The van der Waals surface area contributed by atoms with Crippen LogP contribution in [-0.2, 0) is 9.59 Å². The van der Waals surface area contributed by atoms with Crippen molar-refractivity contribution in [3.8, 4) is 6.07 Å². The predicted molar refractivity (Wildman–Crippen MR) is 153 cm³/mol. The van der Waals surface area contributed by atoms with Crippen molar-refractivity contribution in [2.24, 2.45) is 0 Å². The van der Waals surface area contributed by atoms with E-state index in [1.807, 2.05) is 18.2 Å². The number of carbonyl (C=O) groups is 2. The third-order valence-electron chi connectivity index (χ3n) is 5.75. The average molecular weight is 534 g/mol. The molecule has 0 bridgehead atoms. The second kappa shape index (κ2) is 10.9. The Morgan fingerprint density at radius 3 is 2.67 bits per heavy atom. The molecule has 0 saturated heterocycles. The third-order valence-corrected chi connectivity index (χ3v) is 6.03. The largest absolute Gasteiger partial charge is 0.337 e.